The summed E-state index contributed by atoms with van der Waals surface area (Å²) in [6, 6.07) is 19.2. The zero-order valence-corrected chi connectivity index (χ0v) is 12.5. The van der Waals surface area contributed by atoms with Gasteiger partial charge in [0, 0.05) is 5.56 Å². The second-order valence-corrected chi connectivity index (χ2v) is 5.68. The minimum atomic E-state index is -0.948. The molecular weight excluding hydrogens is 294 g/mol. The molecule has 0 atom stereocenters. The fourth-order valence-electron chi connectivity index (χ4n) is 2.08. The molecule has 0 spiro atoms. The monoisotopic (exact) mass is 307 g/mol. The van der Waals surface area contributed by atoms with Crippen LogP contribution in [0.3, 0.4) is 0 Å². The number of carboxylic acid groups (broad SMARTS) is 1. The van der Waals surface area contributed by atoms with Gasteiger partial charge in [-0.2, -0.15) is 0 Å². The molecule has 0 aliphatic rings. The fraction of sp³-hybridized carbons (Fsp3) is 0. The minimum absolute atomic E-state index is 0.263. The number of hydrogen-bond acceptors (Lipinski definition) is 3. The van der Waals surface area contributed by atoms with Gasteiger partial charge in [0.05, 0.1) is 5.69 Å². The molecule has 1 N–H and O–H groups in total. The van der Waals surface area contributed by atoms with E-state index in [0.717, 1.165) is 11.1 Å². The summed E-state index contributed by atoms with van der Waals surface area (Å²) in [5, 5.41) is 10.1. The van der Waals surface area contributed by atoms with Gasteiger partial charge >= 0.3 is 5.97 Å². The molecule has 108 valence electrons. The Labute approximate surface area is 132 Å². The van der Waals surface area contributed by atoms with Crippen LogP contribution in [0, 0.1) is 0 Å². The molecule has 3 nitrogen and oxygen atoms in total. The maximum Gasteiger partial charge on any atom is 0.348 e. The van der Waals surface area contributed by atoms with Crippen molar-refractivity contribution in [2.75, 3.05) is 0 Å². The van der Waals surface area contributed by atoms with Gasteiger partial charge in [-0.3, -0.25) is 0 Å². The number of aromatic carboxylic acids is 1. The number of benzene rings is 2. The molecule has 0 amide bonds. The van der Waals surface area contributed by atoms with Gasteiger partial charge in [-0.05, 0) is 11.6 Å². The number of rotatable bonds is 4. The molecule has 4 heteroatoms. The van der Waals surface area contributed by atoms with Crippen molar-refractivity contribution in [2.24, 2.45) is 0 Å². The second kappa shape index (κ2) is 6.37. The molecule has 0 aliphatic carbocycles. The number of thiazole rings is 1. The van der Waals surface area contributed by atoms with E-state index in [1.165, 1.54) is 11.3 Å². The molecule has 22 heavy (non-hydrogen) atoms. The summed E-state index contributed by atoms with van der Waals surface area (Å²) in [4.78, 5) is 16.2. The summed E-state index contributed by atoms with van der Waals surface area (Å²) in [7, 11) is 0. The largest absolute Gasteiger partial charge is 0.477 e. The molecule has 0 radical (unpaired) electrons. The van der Waals surface area contributed by atoms with Gasteiger partial charge in [0.15, 0.2) is 0 Å². The fourth-order valence-corrected chi connectivity index (χ4v) is 2.91. The van der Waals surface area contributed by atoms with Crippen LogP contribution in [0.25, 0.3) is 23.4 Å². The molecule has 0 unspecified atom stereocenters. The average Bonchev–Trinajstić information content (AvgIpc) is 2.99. The SMILES string of the molecule is O=C(O)c1sc(/C=C/c2ccccc2)nc1-c1ccccc1. The van der Waals surface area contributed by atoms with Crippen LogP contribution in [-0.2, 0) is 0 Å². The third-order valence-corrected chi connectivity index (χ3v) is 4.11. The summed E-state index contributed by atoms with van der Waals surface area (Å²) < 4.78 is 0. The second-order valence-electron chi connectivity index (χ2n) is 4.65. The van der Waals surface area contributed by atoms with E-state index in [4.69, 9.17) is 0 Å². The van der Waals surface area contributed by atoms with Crippen LogP contribution in [0.4, 0.5) is 0 Å². The van der Waals surface area contributed by atoms with Crippen molar-refractivity contribution in [1.82, 2.24) is 4.98 Å². The summed E-state index contributed by atoms with van der Waals surface area (Å²) >= 11 is 1.18. The number of carboxylic acids is 1. The Bertz CT molecular complexity index is 808. The van der Waals surface area contributed by atoms with Crippen LogP contribution in [0.1, 0.15) is 20.2 Å². The lowest BCUT2D eigenvalue weighted by Crippen LogP contribution is -1.95. The summed E-state index contributed by atoms with van der Waals surface area (Å²) in [5.74, 6) is -0.948. The quantitative estimate of drug-likeness (QED) is 0.761. The molecular formula is C18H13NO2S. The molecule has 3 aromatic rings. The number of nitrogens with zero attached hydrogens (tertiary/aromatic N) is 1. The van der Waals surface area contributed by atoms with E-state index in [0.29, 0.717) is 10.7 Å². The lowest BCUT2D eigenvalue weighted by molar-refractivity contribution is 0.0702. The first-order valence-corrected chi connectivity index (χ1v) is 7.58. The number of carbonyl (C=O) groups is 1. The highest BCUT2D eigenvalue weighted by Crippen LogP contribution is 2.29. The van der Waals surface area contributed by atoms with E-state index < -0.39 is 5.97 Å². The molecule has 0 bridgehead atoms. The molecule has 0 aliphatic heterocycles. The lowest BCUT2D eigenvalue weighted by Gasteiger charge is -1.97. The smallest absolute Gasteiger partial charge is 0.348 e. The zero-order chi connectivity index (χ0) is 15.4. The maximum absolute atomic E-state index is 11.4. The van der Waals surface area contributed by atoms with E-state index in [-0.39, 0.29) is 4.88 Å². The van der Waals surface area contributed by atoms with Gasteiger partial charge < -0.3 is 5.11 Å². The van der Waals surface area contributed by atoms with E-state index >= 15 is 0 Å². The predicted octanol–water partition coefficient (Wildman–Crippen LogP) is 4.68. The van der Waals surface area contributed by atoms with Crippen molar-refractivity contribution >= 4 is 29.5 Å². The maximum atomic E-state index is 11.4. The minimum Gasteiger partial charge on any atom is -0.477 e. The Balaban J connectivity index is 1.97. The third-order valence-electron chi connectivity index (χ3n) is 3.10. The molecule has 3 rings (SSSR count). The van der Waals surface area contributed by atoms with Crippen molar-refractivity contribution in [3.63, 3.8) is 0 Å². The summed E-state index contributed by atoms with van der Waals surface area (Å²) in [6.07, 6.45) is 3.78. The van der Waals surface area contributed by atoms with Gasteiger partial charge in [0.2, 0.25) is 0 Å². The zero-order valence-electron chi connectivity index (χ0n) is 11.6. The van der Waals surface area contributed by atoms with Crippen molar-refractivity contribution < 1.29 is 9.90 Å². The van der Waals surface area contributed by atoms with E-state index in [9.17, 15) is 9.90 Å². The summed E-state index contributed by atoms with van der Waals surface area (Å²) in [5.41, 5.74) is 2.39. The first-order chi connectivity index (χ1) is 10.7. The van der Waals surface area contributed by atoms with Crippen LogP contribution in [0.15, 0.2) is 60.7 Å². The standard InChI is InChI=1S/C18H13NO2S/c20-18(21)17-16(14-9-5-2-6-10-14)19-15(22-17)12-11-13-7-3-1-4-8-13/h1-12H,(H,20,21)/b12-11+. The third kappa shape index (κ3) is 3.13. The van der Waals surface area contributed by atoms with Gasteiger partial charge in [0.1, 0.15) is 9.88 Å². The molecule has 1 aromatic heterocycles. The number of aromatic nitrogens is 1. The first-order valence-electron chi connectivity index (χ1n) is 6.77. The Kier molecular flexibility index (Phi) is 4.12. The Morgan fingerprint density at radius 1 is 0.955 bits per heavy atom. The molecule has 0 saturated carbocycles. The van der Waals surface area contributed by atoms with Crippen molar-refractivity contribution in [1.29, 1.82) is 0 Å². The van der Waals surface area contributed by atoms with Crippen molar-refractivity contribution in [3.05, 3.63) is 76.1 Å². The molecule has 0 saturated heterocycles. The molecule has 0 fully saturated rings. The predicted molar refractivity (Wildman–Crippen MR) is 89.9 cm³/mol. The summed E-state index contributed by atoms with van der Waals surface area (Å²) in [6.45, 7) is 0. The van der Waals surface area contributed by atoms with E-state index in [2.05, 4.69) is 4.98 Å². The van der Waals surface area contributed by atoms with Gasteiger partial charge in [-0.1, -0.05) is 66.7 Å². The van der Waals surface area contributed by atoms with Gasteiger partial charge in [-0.15, -0.1) is 11.3 Å². The van der Waals surface area contributed by atoms with Gasteiger partial charge in [-0.25, -0.2) is 9.78 Å². The highest BCUT2D eigenvalue weighted by molar-refractivity contribution is 7.15. The Morgan fingerprint density at radius 3 is 2.23 bits per heavy atom. The molecule has 2 aromatic carbocycles. The lowest BCUT2D eigenvalue weighted by atomic mass is 10.1. The highest BCUT2D eigenvalue weighted by Gasteiger charge is 2.17. The van der Waals surface area contributed by atoms with Crippen LogP contribution in [0.2, 0.25) is 0 Å². The van der Waals surface area contributed by atoms with Crippen LogP contribution < -0.4 is 0 Å². The van der Waals surface area contributed by atoms with E-state index in [1.807, 2.05) is 72.8 Å². The topological polar surface area (TPSA) is 50.2 Å². The van der Waals surface area contributed by atoms with Gasteiger partial charge in [0.25, 0.3) is 0 Å². The van der Waals surface area contributed by atoms with E-state index in [1.54, 1.807) is 0 Å². The van der Waals surface area contributed by atoms with Crippen LogP contribution in [0.5, 0.6) is 0 Å². The Morgan fingerprint density at radius 2 is 1.59 bits per heavy atom. The van der Waals surface area contributed by atoms with Crippen LogP contribution in [-0.4, -0.2) is 16.1 Å². The van der Waals surface area contributed by atoms with Crippen molar-refractivity contribution in [3.8, 4) is 11.3 Å². The highest BCUT2D eigenvalue weighted by atomic mass is 32.1. The van der Waals surface area contributed by atoms with Crippen LogP contribution >= 0.6 is 11.3 Å². The average molecular weight is 307 g/mol. The van der Waals surface area contributed by atoms with Crippen molar-refractivity contribution in [2.45, 2.75) is 0 Å². The number of hydrogen-bond donors (Lipinski definition) is 1. The first kappa shape index (κ1) is 14.2. The normalized spacial score (nSPS) is 10.9. The Hall–Kier alpha value is -2.72. The molecule has 1 heterocycles.